The predicted molar refractivity (Wildman–Crippen MR) is 157 cm³/mol. The molecule has 0 radical (unpaired) electrons. The van der Waals surface area contributed by atoms with Crippen LogP contribution in [-0.4, -0.2) is 16.0 Å². The molecule has 2 N–H and O–H groups in total. The number of amides is 1. The summed E-state index contributed by atoms with van der Waals surface area (Å²) in [7, 11) is 0. The summed E-state index contributed by atoms with van der Waals surface area (Å²) in [4.78, 5) is 17.0. The van der Waals surface area contributed by atoms with Gasteiger partial charge in [0.15, 0.2) is 5.11 Å². The Hall–Kier alpha value is -3.49. The van der Waals surface area contributed by atoms with Crippen molar-refractivity contribution in [2.75, 3.05) is 5.32 Å². The number of hydrogen-bond acceptors (Lipinski definition) is 5. The van der Waals surface area contributed by atoms with E-state index in [0.717, 1.165) is 31.9 Å². The van der Waals surface area contributed by atoms with Crippen molar-refractivity contribution in [2.24, 2.45) is 0 Å². The lowest BCUT2D eigenvalue weighted by Gasteiger charge is -2.09. The summed E-state index contributed by atoms with van der Waals surface area (Å²) in [5, 5.41) is 7.78. The van der Waals surface area contributed by atoms with Crippen LogP contribution in [0.3, 0.4) is 0 Å². The molecule has 0 atom stereocenters. The highest BCUT2D eigenvalue weighted by Gasteiger charge is 2.11. The Labute approximate surface area is 232 Å². The van der Waals surface area contributed by atoms with Crippen LogP contribution in [0.25, 0.3) is 38.2 Å². The average molecular weight is 565 g/mol. The van der Waals surface area contributed by atoms with Crippen LogP contribution in [0.2, 0.25) is 10.0 Å². The molecule has 9 heteroatoms. The highest BCUT2D eigenvalue weighted by atomic mass is 35.5. The van der Waals surface area contributed by atoms with Crippen molar-refractivity contribution in [3.8, 4) is 21.9 Å². The third kappa shape index (κ3) is 5.92. The van der Waals surface area contributed by atoms with Gasteiger partial charge in [-0.15, -0.1) is 11.3 Å². The lowest BCUT2D eigenvalue weighted by atomic mass is 10.1. The Balaban J connectivity index is 1.19. The van der Waals surface area contributed by atoms with E-state index in [2.05, 4.69) is 15.6 Å². The number of hydrogen-bond donors (Lipinski definition) is 2. The number of halogens is 2. The number of benzene rings is 3. The first-order valence-electron chi connectivity index (χ1n) is 11.2. The van der Waals surface area contributed by atoms with Gasteiger partial charge in [0, 0.05) is 27.9 Å². The zero-order valence-corrected chi connectivity index (χ0v) is 22.6. The first-order valence-corrected chi connectivity index (χ1v) is 13.2. The zero-order chi connectivity index (χ0) is 25.9. The van der Waals surface area contributed by atoms with Crippen molar-refractivity contribution >= 4 is 79.8 Å². The summed E-state index contributed by atoms with van der Waals surface area (Å²) < 4.78 is 6.90. The molecular formula is C28H19Cl2N3O2S2. The van der Waals surface area contributed by atoms with E-state index in [4.69, 9.17) is 39.8 Å². The van der Waals surface area contributed by atoms with Crippen LogP contribution in [0.4, 0.5) is 5.69 Å². The molecule has 0 spiro atoms. The largest absolute Gasteiger partial charge is 0.457 e. The van der Waals surface area contributed by atoms with Gasteiger partial charge in [0.25, 0.3) is 0 Å². The summed E-state index contributed by atoms with van der Waals surface area (Å²) in [6.45, 7) is 1.94. The fourth-order valence-electron chi connectivity index (χ4n) is 3.57. The molecule has 5 rings (SSSR count). The van der Waals surface area contributed by atoms with Gasteiger partial charge in [0.05, 0.1) is 15.2 Å². The molecule has 0 bridgehead atoms. The summed E-state index contributed by atoms with van der Waals surface area (Å²) in [6, 6.07) is 22.7. The normalized spacial score (nSPS) is 11.2. The van der Waals surface area contributed by atoms with Crippen molar-refractivity contribution in [3.63, 3.8) is 0 Å². The van der Waals surface area contributed by atoms with Crippen LogP contribution in [0.1, 0.15) is 11.3 Å². The summed E-state index contributed by atoms with van der Waals surface area (Å²) in [5.41, 5.74) is 4.26. The number of carbonyl (C=O) groups excluding carboxylic acids is 1. The van der Waals surface area contributed by atoms with Crippen LogP contribution in [-0.2, 0) is 4.79 Å². The van der Waals surface area contributed by atoms with Gasteiger partial charge in [-0.25, -0.2) is 4.98 Å². The van der Waals surface area contributed by atoms with Crippen LogP contribution < -0.4 is 10.6 Å². The lowest BCUT2D eigenvalue weighted by Crippen LogP contribution is -2.32. The number of fused-ring (bicyclic) bond motifs is 1. The highest BCUT2D eigenvalue weighted by Crippen LogP contribution is 2.35. The highest BCUT2D eigenvalue weighted by molar-refractivity contribution is 7.80. The van der Waals surface area contributed by atoms with Gasteiger partial charge in [0.2, 0.25) is 5.91 Å². The molecule has 0 saturated heterocycles. The van der Waals surface area contributed by atoms with Gasteiger partial charge < -0.3 is 9.73 Å². The van der Waals surface area contributed by atoms with E-state index >= 15 is 0 Å². The average Bonchev–Trinajstić information content (AvgIpc) is 3.51. The SMILES string of the molecule is Cc1ccc(-c2ccc(/C=C/C(=O)NC(=S)Nc3ccc(-c4nc5ccccc5s4)c(Cl)c3)o2)cc1Cl. The maximum Gasteiger partial charge on any atom is 0.250 e. The third-order valence-corrected chi connectivity index (χ3v) is 7.46. The van der Waals surface area contributed by atoms with E-state index in [0.29, 0.717) is 27.3 Å². The van der Waals surface area contributed by atoms with Crippen molar-refractivity contribution < 1.29 is 9.21 Å². The Bertz CT molecular complexity index is 1640. The first kappa shape index (κ1) is 25.2. The van der Waals surface area contributed by atoms with Gasteiger partial charge in [-0.05, 0) is 79.3 Å². The van der Waals surface area contributed by atoms with Gasteiger partial charge in [-0.1, -0.05) is 47.5 Å². The van der Waals surface area contributed by atoms with Crippen molar-refractivity contribution in [3.05, 3.63) is 100 Å². The molecule has 37 heavy (non-hydrogen) atoms. The molecule has 1 amide bonds. The Morgan fingerprint density at radius 2 is 1.86 bits per heavy atom. The molecular weight excluding hydrogens is 545 g/mol. The maximum atomic E-state index is 12.3. The standard InChI is InChI=1S/C28H19Cl2N3O2S2/c1-16-6-7-17(14-21(16)29)24-12-9-19(35-24)10-13-26(34)33-28(36)31-18-8-11-20(22(30)15-18)27-32-23-4-2-3-5-25(23)37-27/h2-15H,1H3,(H2,31,33,34,36)/b13-10+. The number of para-hydroxylation sites is 1. The minimum absolute atomic E-state index is 0.146. The molecule has 2 heterocycles. The fourth-order valence-corrected chi connectivity index (χ4v) is 5.30. The molecule has 5 aromatic rings. The molecule has 0 aliphatic rings. The van der Waals surface area contributed by atoms with Gasteiger partial charge >= 0.3 is 0 Å². The number of furan rings is 1. The van der Waals surface area contributed by atoms with E-state index in [1.54, 1.807) is 29.5 Å². The number of aromatic nitrogens is 1. The fraction of sp³-hybridized carbons (Fsp3) is 0.0357. The number of thiazole rings is 1. The van der Waals surface area contributed by atoms with Crippen molar-refractivity contribution in [2.45, 2.75) is 6.92 Å². The number of aryl methyl sites for hydroxylation is 1. The molecule has 2 aromatic heterocycles. The van der Waals surface area contributed by atoms with Gasteiger partial charge in [0.1, 0.15) is 16.5 Å². The van der Waals surface area contributed by atoms with Crippen LogP contribution in [0.5, 0.6) is 0 Å². The second kappa shape index (κ2) is 10.9. The Morgan fingerprint density at radius 1 is 1.03 bits per heavy atom. The van der Waals surface area contributed by atoms with Gasteiger partial charge in [-0.3, -0.25) is 10.1 Å². The summed E-state index contributed by atoms with van der Waals surface area (Å²) in [5.74, 6) is 0.786. The third-order valence-electron chi connectivity index (χ3n) is 5.47. The number of nitrogens with one attached hydrogen (secondary N) is 2. The molecule has 184 valence electrons. The molecule has 3 aromatic carbocycles. The second-order valence-electron chi connectivity index (χ2n) is 8.12. The minimum Gasteiger partial charge on any atom is -0.457 e. The van der Waals surface area contributed by atoms with E-state index < -0.39 is 5.91 Å². The molecule has 0 aliphatic heterocycles. The second-order valence-corrected chi connectivity index (χ2v) is 10.4. The van der Waals surface area contributed by atoms with Crippen LogP contribution in [0, 0.1) is 6.92 Å². The van der Waals surface area contributed by atoms with E-state index in [-0.39, 0.29) is 5.11 Å². The van der Waals surface area contributed by atoms with Gasteiger partial charge in [-0.2, -0.15) is 0 Å². The smallest absolute Gasteiger partial charge is 0.250 e. The number of carbonyl (C=O) groups is 1. The molecule has 0 unspecified atom stereocenters. The van der Waals surface area contributed by atoms with Crippen LogP contribution >= 0.6 is 46.8 Å². The van der Waals surface area contributed by atoms with E-state index in [1.807, 2.05) is 67.6 Å². The van der Waals surface area contributed by atoms with E-state index in [1.165, 1.54) is 6.08 Å². The molecule has 5 nitrogen and oxygen atoms in total. The van der Waals surface area contributed by atoms with Crippen LogP contribution in [0.15, 0.2) is 83.3 Å². The topological polar surface area (TPSA) is 67.2 Å². The molecule has 0 saturated carbocycles. The number of nitrogens with zero attached hydrogens (tertiary/aromatic N) is 1. The minimum atomic E-state index is -0.397. The predicted octanol–water partition coefficient (Wildman–Crippen LogP) is 8.36. The van der Waals surface area contributed by atoms with E-state index in [9.17, 15) is 4.79 Å². The Morgan fingerprint density at radius 3 is 2.65 bits per heavy atom. The monoisotopic (exact) mass is 563 g/mol. The van der Waals surface area contributed by atoms with Crippen molar-refractivity contribution in [1.29, 1.82) is 0 Å². The first-order chi connectivity index (χ1) is 17.9. The maximum absolute atomic E-state index is 12.3. The Kier molecular flexibility index (Phi) is 7.39. The number of anilines is 1. The molecule has 0 fully saturated rings. The number of thiocarbonyl (C=S) groups is 1. The van der Waals surface area contributed by atoms with Crippen molar-refractivity contribution in [1.82, 2.24) is 10.3 Å². The lowest BCUT2D eigenvalue weighted by molar-refractivity contribution is -0.115. The quantitative estimate of drug-likeness (QED) is 0.166. The molecule has 0 aliphatic carbocycles. The summed E-state index contributed by atoms with van der Waals surface area (Å²) >= 11 is 19.6. The zero-order valence-electron chi connectivity index (χ0n) is 19.4. The summed E-state index contributed by atoms with van der Waals surface area (Å²) in [6.07, 6.45) is 2.92. The number of rotatable bonds is 5.